The second-order valence-corrected chi connectivity index (χ2v) is 3.98. The Kier molecular flexibility index (Phi) is 4.70. The van der Waals surface area contributed by atoms with Gasteiger partial charge in [0, 0.05) is 0 Å². The Morgan fingerprint density at radius 3 is 2.40 bits per heavy atom. The minimum Gasteiger partial charge on any atom is -0.478 e. The van der Waals surface area contributed by atoms with Crippen molar-refractivity contribution in [1.29, 1.82) is 5.26 Å². The summed E-state index contributed by atoms with van der Waals surface area (Å²) in [6.45, 7) is 0. The Morgan fingerprint density at radius 1 is 1.35 bits per heavy atom. The van der Waals surface area contributed by atoms with E-state index >= 15 is 0 Å². The number of aliphatic hydroxyl groups is 2. The highest BCUT2D eigenvalue weighted by Crippen LogP contribution is 2.32. The zero-order valence-corrected chi connectivity index (χ0v) is 9.92. The van der Waals surface area contributed by atoms with Gasteiger partial charge in [-0.15, -0.1) is 0 Å². The van der Waals surface area contributed by atoms with Gasteiger partial charge >= 0.3 is 12.1 Å². The predicted octanol–water partition coefficient (Wildman–Crippen LogP) is 1.71. The SMILES string of the molecule is N#CCC(O)C(O)c1ccc(C(F)(F)F)cc1C(=O)O. The first kappa shape index (κ1) is 15.9. The van der Waals surface area contributed by atoms with Crippen LogP contribution in [-0.4, -0.2) is 27.4 Å². The van der Waals surface area contributed by atoms with E-state index in [0.29, 0.717) is 12.1 Å². The van der Waals surface area contributed by atoms with E-state index in [1.165, 1.54) is 0 Å². The maximum absolute atomic E-state index is 12.5. The van der Waals surface area contributed by atoms with E-state index in [-0.39, 0.29) is 5.56 Å². The molecule has 0 amide bonds. The zero-order valence-electron chi connectivity index (χ0n) is 9.92. The van der Waals surface area contributed by atoms with E-state index in [9.17, 15) is 28.2 Å². The fourth-order valence-electron chi connectivity index (χ4n) is 1.59. The Balaban J connectivity index is 3.28. The Labute approximate surface area is 111 Å². The van der Waals surface area contributed by atoms with Gasteiger partial charge < -0.3 is 15.3 Å². The van der Waals surface area contributed by atoms with Crippen LogP contribution < -0.4 is 0 Å². The summed E-state index contributed by atoms with van der Waals surface area (Å²) in [6.07, 6.45) is -8.56. The number of alkyl halides is 3. The second-order valence-electron chi connectivity index (χ2n) is 3.98. The molecule has 0 bridgehead atoms. The van der Waals surface area contributed by atoms with Gasteiger partial charge in [-0.1, -0.05) is 6.07 Å². The third kappa shape index (κ3) is 3.46. The molecule has 1 aromatic rings. The van der Waals surface area contributed by atoms with Gasteiger partial charge in [-0.2, -0.15) is 18.4 Å². The fourth-order valence-corrected chi connectivity index (χ4v) is 1.59. The molecule has 0 aliphatic carbocycles. The largest absolute Gasteiger partial charge is 0.478 e. The molecule has 2 atom stereocenters. The number of carboxylic acid groups (broad SMARTS) is 1. The molecule has 0 fully saturated rings. The highest BCUT2D eigenvalue weighted by Gasteiger charge is 2.33. The van der Waals surface area contributed by atoms with Crippen LogP contribution in [0.3, 0.4) is 0 Å². The number of carbonyl (C=O) groups is 1. The molecule has 0 aliphatic rings. The molecule has 5 nitrogen and oxygen atoms in total. The minimum absolute atomic E-state index is 0.375. The molecule has 0 saturated carbocycles. The predicted molar refractivity (Wildman–Crippen MR) is 59.6 cm³/mol. The van der Waals surface area contributed by atoms with Gasteiger partial charge in [0.1, 0.15) is 6.10 Å². The van der Waals surface area contributed by atoms with E-state index in [2.05, 4.69) is 0 Å². The van der Waals surface area contributed by atoms with Gasteiger partial charge in [-0.25, -0.2) is 4.79 Å². The van der Waals surface area contributed by atoms with Crippen molar-refractivity contribution >= 4 is 5.97 Å². The summed E-state index contributed by atoms with van der Waals surface area (Å²) in [7, 11) is 0. The molecular weight excluding hydrogens is 279 g/mol. The Bertz CT molecular complexity index is 551. The van der Waals surface area contributed by atoms with Crippen LogP contribution in [0.4, 0.5) is 13.2 Å². The molecule has 0 heterocycles. The van der Waals surface area contributed by atoms with Crippen LogP contribution in [0.1, 0.15) is 34.0 Å². The molecule has 2 unspecified atom stereocenters. The van der Waals surface area contributed by atoms with E-state index in [4.69, 9.17) is 10.4 Å². The van der Waals surface area contributed by atoms with Crippen molar-refractivity contribution in [1.82, 2.24) is 0 Å². The molecule has 0 spiro atoms. The number of aromatic carboxylic acids is 1. The quantitative estimate of drug-likeness (QED) is 0.783. The number of benzene rings is 1. The lowest BCUT2D eigenvalue weighted by atomic mass is 9.95. The highest BCUT2D eigenvalue weighted by molar-refractivity contribution is 5.89. The number of carboxylic acids is 1. The van der Waals surface area contributed by atoms with Gasteiger partial charge in [-0.3, -0.25) is 0 Å². The summed E-state index contributed by atoms with van der Waals surface area (Å²) in [5.41, 5.74) is -2.34. The molecule has 0 aliphatic heterocycles. The van der Waals surface area contributed by atoms with E-state index in [1.54, 1.807) is 6.07 Å². The summed E-state index contributed by atoms with van der Waals surface area (Å²) in [4.78, 5) is 11.0. The van der Waals surface area contributed by atoms with Gasteiger partial charge in [0.05, 0.1) is 29.7 Å². The summed E-state index contributed by atoms with van der Waals surface area (Å²) >= 11 is 0. The second kappa shape index (κ2) is 5.90. The van der Waals surface area contributed by atoms with E-state index in [0.717, 1.165) is 6.07 Å². The van der Waals surface area contributed by atoms with Crippen molar-refractivity contribution in [3.63, 3.8) is 0 Å². The maximum Gasteiger partial charge on any atom is 0.416 e. The summed E-state index contributed by atoms with van der Waals surface area (Å²) in [5.74, 6) is -1.67. The third-order valence-electron chi connectivity index (χ3n) is 2.59. The van der Waals surface area contributed by atoms with Crippen LogP contribution in [0, 0.1) is 11.3 Å². The molecule has 0 aromatic heterocycles. The van der Waals surface area contributed by atoms with Crippen LogP contribution in [0.15, 0.2) is 18.2 Å². The average molecular weight is 289 g/mol. The lowest BCUT2D eigenvalue weighted by Gasteiger charge is -2.18. The lowest BCUT2D eigenvalue weighted by molar-refractivity contribution is -0.137. The summed E-state index contributed by atoms with van der Waals surface area (Å²) in [5, 5.41) is 36.4. The molecule has 0 saturated heterocycles. The monoisotopic (exact) mass is 289 g/mol. The van der Waals surface area contributed by atoms with Gasteiger partial charge in [0.2, 0.25) is 0 Å². The standard InChI is InChI=1S/C12H10F3NO4/c13-12(14,15)6-1-2-7(8(5-6)11(19)20)10(18)9(17)3-4-16/h1-2,5,9-10,17-18H,3H2,(H,19,20). The molecule has 108 valence electrons. The van der Waals surface area contributed by atoms with Crippen molar-refractivity contribution < 1.29 is 33.3 Å². The molecule has 20 heavy (non-hydrogen) atoms. The number of halogens is 3. The van der Waals surface area contributed by atoms with Crippen molar-refractivity contribution in [2.45, 2.75) is 24.8 Å². The van der Waals surface area contributed by atoms with E-state index < -0.39 is 41.9 Å². The Morgan fingerprint density at radius 2 is 1.95 bits per heavy atom. The van der Waals surface area contributed by atoms with Crippen LogP contribution in [0.25, 0.3) is 0 Å². The zero-order chi connectivity index (χ0) is 15.5. The van der Waals surface area contributed by atoms with E-state index in [1.807, 2.05) is 0 Å². The summed E-state index contributed by atoms with van der Waals surface area (Å²) < 4.78 is 37.5. The van der Waals surface area contributed by atoms with Crippen LogP contribution >= 0.6 is 0 Å². The molecule has 1 aromatic carbocycles. The first-order valence-corrected chi connectivity index (χ1v) is 5.36. The maximum atomic E-state index is 12.5. The number of nitriles is 1. The van der Waals surface area contributed by atoms with Crippen molar-refractivity contribution in [3.05, 3.63) is 34.9 Å². The number of aliphatic hydroxyl groups excluding tert-OH is 2. The van der Waals surface area contributed by atoms with Gasteiger partial charge in [-0.05, 0) is 17.7 Å². The molecule has 0 radical (unpaired) electrons. The van der Waals surface area contributed by atoms with Crippen LogP contribution in [0.5, 0.6) is 0 Å². The molecule has 1 rings (SSSR count). The molecule has 8 heteroatoms. The van der Waals surface area contributed by atoms with Crippen LogP contribution in [-0.2, 0) is 6.18 Å². The lowest BCUT2D eigenvalue weighted by Crippen LogP contribution is -2.21. The van der Waals surface area contributed by atoms with Gasteiger partial charge in [0.15, 0.2) is 0 Å². The molecular formula is C12H10F3NO4. The minimum atomic E-state index is -4.72. The molecule has 3 N–H and O–H groups in total. The number of hydrogen-bond donors (Lipinski definition) is 3. The number of rotatable bonds is 4. The summed E-state index contributed by atoms with van der Waals surface area (Å²) in [6, 6.07) is 3.32. The normalized spacial score (nSPS) is 14.4. The Hall–Kier alpha value is -2.11. The van der Waals surface area contributed by atoms with Crippen molar-refractivity contribution in [2.24, 2.45) is 0 Å². The number of hydrogen-bond acceptors (Lipinski definition) is 4. The van der Waals surface area contributed by atoms with Crippen molar-refractivity contribution in [2.75, 3.05) is 0 Å². The van der Waals surface area contributed by atoms with Crippen LogP contribution in [0.2, 0.25) is 0 Å². The third-order valence-corrected chi connectivity index (χ3v) is 2.59. The topological polar surface area (TPSA) is 102 Å². The van der Waals surface area contributed by atoms with Gasteiger partial charge in [0.25, 0.3) is 0 Å². The average Bonchev–Trinajstić information content (AvgIpc) is 2.36. The highest BCUT2D eigenvalue weighted by atomic mass is 19.4. The first-order chi connectivity index (χ1) is 9.18. The smallest absolute Gasteiger partial charge is 0.416 e. The fraction of sp³-hybridized carbons (Fsp3) is 0.333. The van der Waals surface area contributed by atoms with Crippen molar-refractivity contribution in [3.8, 4) is 6.07 Å². The first-order valence-electron chi connectivity index (χ1n) is 5.36. The number of nitrogens with zero attached hydrogens (tertiary/aromatic N) is 1.